The van der Waals surface area contributed by atoms with Crippen LogP contribution in [0.5, 0.6) is 0 Å². The van der Waals surface area contributed by atoms with Gasteiger partial charge in [0.15, 0.2) is 5.69 Å². The number of hydrogen-bond acceptors (Lipinski definition) is 4. The number of nitrogens with zero attached hydrogens (tertiary/aromatic N) is 3. The van der Waals surface area contributed by atoms with Gasteiger partial charge >= 0.3 is 0 Å². The van der Waals surface area contributed by atoms with Crippen LogP contribution in [0.4, 0.5) is 0 Å². The molecule has 0 radical (unpaired) electrons. The second-order valence-electron chi connectivity index (χ2n) is 5.82. The molecule has 3 heterocycles. The molecule has 0 aliphatic carbocycles. The monoisotopic (exact) mass is 329 g/mol. The van der Waals surface area contributed by atoms with Gasteiger partial charge in [0.25, 0.3) is 5.91 Å². The molecular formula is C17H19N3O2S. The van der Waals surface area contributed by atoms with E-state index in [9.17, 15) is 4.79 Å². The molecule has 0 bridgehead atoms. The first-order chi connectivity index (χ1) is 11.3. The van der Waals surface area contributed by atoms with Gasteiger partial charge < -0.3 is 9.64 Å². The highest BCUT2D eigenvalue weighted by molar-refractivity contribution is 8.00. The maximum atomic E-state index is 12.9. The molecule has 5 nitrogen and oxygen atoms in total. The third kappa shape index (κ3) is 2.88. The van der Waals surface area contributed by atoms with Crippen molar-refractivity contribution in [1.82, 2.24) is 14.7 Å². The molecule has 2 aromatic rings. The number of carbonyl (C=O) groups is 1. The standard InChI is InChI=1S/C17H19N3O2S/c21-17(19-9-11-23-16-12-22-10-7-15(16)19)14-6-8-20(18-14)13-4-2-1-3-5-13/h1-6,8,15-16H,7,9-12H2/t15-,16-/m0/s1. The lowest BCUT2D eigenvalue weighted by molar-refractivity contribution is 0.0315. The van der Waals surface area contributed by atoms with Crippen LogP contribution in [0.2, 0.25) is 0 Å². The zero-order valence-corrected chi connectivity index (χ0v) is 13.6. The van der Waals surface area contributed by atoms with Gasteiger partial charge in [-0.05, 0) is 24.6 Å². The van der Waals surface area contributed by atoms with Crippen molar-refractivity contribution in [1.29, 1.82) is 0 Å². The third-order valence-corrected chi connectivity index (χ3v) is 5.72. The molecule has 2 aliphatic rings. The minimum absolute atomic E-state index is 0.0388. The predicted molar refractivity (Wildman–Crippen MR) is 90.1 cm³/mol. The summed E-state index contributed by atoms with van der Waals surface area (Å²) in [6, 6.07) is 11.9. The van der Waals surface area contributed by atoms with Gasteiger partial charge in [0.2, 0.25) is 0 Å². The molecule has 0 unspecified atom stereocenters. The van der Waals surface area contributed by atoms with Crippen LogP contribution in [0.15, 0.2) is 42.6 Å². The van der Waals surface area contributed by atoms with Gasteiger partial charge in [0.1, 0.15) is 0 Å². The molecule has 1 aromatic carbocycles. The third-order valence-electron chi connectivity index (χ3n) is 4.42. The highest BCUT2D eigenvalue weighted by atomic mass is 32.2. The Morgan fingerprint density at radius 2 is 2.13 bits per heavy atom. The number of benzene rings is 1. The second kappa shape index (κ2) is 6.37. The van der Waals surface area contributed by atoms with E-state index < -0.39 is 0 Å². The van der Waals surface area contributed by atoms with Crippen molar-refractivity contribution in [2.24, 2.45) is 0 Å². The Balaban J connectivity index is 1.56. The Morgan fingerprint density at radius 1 is 1.26 bits per heavy atom. The fraction of sp³-hybridized carbons (Fsp3) is 0.412. The molecule has 2 fully saturated rings. The summed E-state index contributed by atoms with van der Waals surface area (Å²) in [7, 11) is 0. The summed E-state index contributed by atoms with van der Waals surface area (Å²) >= 11 is 1.92. The first kappa shape index (κ1) is 14.8. The first-order valence-corrected chi connectivity index (χ1v) is 8.99. The van der Waals surface area contributed by atoms with Crippen molar-refractivity contribution in [3.05, 3.63) is 48.3 Å². The first-order valence-electron chi connectivity index (χ1n) is 7.94. The number of carbonyl (C=O) groups excluding carboxylic acids is 1. The smallest absolute Gasteiger partial charge is 0.274 e. The number of rotatable bonds is 2. The molecule has 1 amide bonds. The Morgan fingerprint density at radius 3 is 3.00 bits per heavy atom. The molecule has 1 aromatic heterocycles. The molecule has 2 aliphatic heterocycles. The molecule has 0 saturated carbocycles. The van der Waals surface area contributed by atoms with E-state index in [2.05, 4.69) is 5.10 Å². The lowest BCUT2D eigenvalue weighted by Crippen LogP contribution is -2.54. The van der Waals surface area contributed by atoms with Crippen molar-refractivity contribution in [2.45, 2.75) is 17.7 Å². The van der Waals surface area contributed by atoms with Gasteiger partial charge in [-0.25, -0.2) is 4.68 Å². The van der Waals surface area contributed by atoms with E-state index in [4.69, 9.17) is 4.74 Å². The summed E-state index contributed by atoms with van der Waals surface area (Å²) in [6.45, 7) is 2.28. The van der Waals surface area contributed by atoms with Crippen molar-refractivity contribution in [2.75, 3.05) is 25.5 Å². The number of amides is 1. The van der Waals surface area contributed by atoms with Gasteiger partial charge in [-0.3, -0.25) is 4.79 Å². The Hall–Kier alpha value is -1.79. The normalized spacial score (nSPS) is 24.3. The van der Waals surface area contributed by atoms with Crippen molar-refractivity contribution in [3.8, 4) is 5.69 Å². The van der Waals surface area contributed by atoms with Gasteiger partial charge in [-0.1, -0.05) is 18.2 Å². The van der Waals surface area contributed by atoms with Crippen LogP contribution in [-0.4, -0.2) is 57.4 Å². The molecule has 2 atom stereocenters. The fourth-order valence-electron chi connectivity index (χ4n) is 3.25. The van der Waals surface area contributed by atoms with E-state index in [1.165, 1.54) is 0 Å². The van der Waals surface area contributed by atoms with Crippen molar-refractivity contribution in [3.63, 3.8) is 0 Å². The predicted octanol–water partition coefficient (Wildman–Crippen LogP) is 2.22. The Bertz CT molecular complexity index is 686. The van der Waals surface area contributed by atoms with E-state index in [0.29, 0.717) is 10.9 Å². The summed E-state index contributed by atoms with van der Waals surface area (Å²) in [4.78, 5) is 14.9. The van der Waals surface area contributed by atoms with E-state index in [1.807, 2.05) is 59.3 Å². The summed E-state index contributed by atoms with van der Waals surface area (Å²) in [5, 5.41) is 4.88. The van der Waals surface area contributed by atoms with Gasteiger partial charge in [0.05, 0.1) is 12.3 Å². The van der Waals surface area contributed by atoms with E-state index in [-0.39, 0.29) is 11.9 Å². The van der Waals surface area contributed by atoms with E-state index >= 15 is 0 Å². The summed E-state index contributed by atoms with van der Waals surface area (Å²) in [5.41, 5.74) is 1.48. The molecule has 4 rings (SSSR count). The van der Waals surface area contributed by atoms with Crippen molar-refractivity contribution < 1.29 is 9.53 Å². The summed E-state index contributed by atoms with van der Waals surface area (Å²) < 4.78 is 7.31. The lowest BCUT2D eigenvalue weighted by atomic mass is 10.1. The summed E-state index contributed by atoms with van der Waals surface area (Å²) in [6.07, 6.45) is 2.77. The minimum Gasteiger partial charge on any atom is -0.380 e. The van der Waals surface area contributed by atoms with Crippen LogP contribution in [0.25, 0.3) is 5.69 Å². The van der Waals surface area contributed by atoms with Crippen LogP contribution in [-0.2, 0) is 4.74 Å². The maximum absolute atomic E-state index is 12.9. The van der Waals surface area contributed by atoms with Gasteiger partial charge in [-0.15, -0.1) is 0 Å². The number of hydrogen-bond donors (Lipinski definition) is 0. The zero-order chi connectivity index (χ0) is 15.6. The second-order valence-corrected chi connectivity index (χ2v) is 7.17. The lowest BCUT2D eigenvalue weighted by Gasteiger charge is -2.43. The van der Waals surface area contributed by atoms with Crippen LogP contribution >= 0.6 is 11.8 Å². The number of ether oxygens (including phenoxy) is 1. The largest absolute Gasteiger partial charge is 0.380 e. The van der Waals surface area contributed by atoms with Crippen LogP contribution < -0.4 is 0 Å². The number of fused-ring (bicyclic) bond motifs is 1. The molecule has 120 valence electrons. The molecular weight excluding hydrogens is 310 g/mol. The highest BCUT2D eigenvalue weighted by Crippen LogP contribution is 2.31. The quantitative estimate of drug-likeness (QED) is 0.848. The van der Waals surface area contributed by atoms with E-state index in [1.54, 1.807) is 4.68 Å². The zero-order valence-electron chi connectivity index (χ0n) is 12.8. The molecule has 6 heteroatoms. The topological polar surface area (TPSA) is 47.4 Å². The minimum atomic E-state index is 0.0388. The SMILES string of the molecule is O=C(c1ccn(-c2ccccc2)n1)N1CCS[C@H]2COCC[C@@H]21. The fourth-order valence-corrected chi connectivity index (χ4v) is 4.55. The molecule has 23 heavy (non-hydrogen) atoms. The van der Waals surface area contributed by atoms with E-state index in [0.717, 1.165) is 37.6 Å². The summed E-state index contributed by atoms with van der Waals surface area (Å²) in [5.74, 6) is 1.01. The van der Waals surface area contributed by atoms with Gasteiger partial charge in [-0.2, -0.15) is 16.9 Å². The Labute approximate surface area is 139 Å². The number of para-hydroxylation sites is 1. The number of aromatic nitrogens is 2. The Kier molecular flexibility index (Phi) is 4.10. The average molecular weight is 329 g/mol. The molecule has 0 spiro atoms. The molecule has 2 saturated heterocycles. The van der Waals surface area contributed by atoms with Crippen LogP contribution in [0, 0.1) is 0 Å². The van der Waals surface area contributed by atoms with Gasteiger partial charge in [0, 0.05) is 36.4 Å². The van der Waals surface area contributed by atoms with Crippen molar-refractivity contribution >= 4 is 17.7 Å². The highest BCUT2D eigenvalue weighted by Gasteiger charge is 2.37. The molecule has 0 N–H and O–H groups in total. The average Bonchev–Trinajstić information content (AvgIpc) is 3.11. The van der Waals surface area contributed by atoms with Crippen LogP contribution in [0.3, 0.4) is 0 Å². The van der Waals surface area contributed by atoms with Crippen LogP contribution in [0.1, 0.15) is 16.9 Å². The number of thioether (sulfide) groups is 1. The maximum Gasteiger partial charge on any atom is 0.274 e.